The van der Waals surface area contributed by atoms with E-state index in [9.17, 15) is 4.79 Å². The highest BCUT2D eigenvalue weighted by molar-refractivity contribution is 9.10. The molecule has 1 heterocycles. The maximum Gasteiger partial charge on any atom is 0.237 e. The topological polar surface area (TPSA) is 66.9 Å². The normalized spacial score (nSPS) is 12.0. The molecular formula is C14H17BrN4OS2. The molecule has 0 fully saturated rings. The van der Waals surface area contributed by atoms with Crippen LogP contribution in [0.5, 0.6) is 0 Å². The summed E-state index contributed by atoms with van der Waals surface area (Å²) < 4.78 is 1.77. The fourth-order valence-electron chi connectivity index (χ4n) is 1.54. The van der Waals surface area contributed by atoms with Gasteiger partial charge in [-0.3, -0.25) is 4.79 Å². The summed E-state index contributed by atoms with van der Waals surface area (Å²) >= 11 is 6.25. The number of hydrogen-bond acceptors (Lipinski definition) is 6. The summed E-state index contributed by atoms with van der Waals surface area (Å²) in [5.41, 5.74) is 0.781. The number of benzene rings is 1. The Labute approximate surface area is 146 Å². The van der Waals surface area contributed by atoms with Crippen LogP contribution < -0.4 is 10.6 Å². The van der Waals surface area contributed by atoms with Gasteiger partial charge in [-0.25, -0.2) is 0 Å². The van der Waals surface area contributed by atoms with Crippen molar-refractivity contribution >= 4 is 55.8 Å². The molecule has 2 aromatic rings. The number of rotatable bonds is 7. The van der Waals surface area contributed by atoms with Gasteiger partial charge < -0.3 is 10.6 Å². The molecule has 0 aliphatic heterocycles. The minimum Gasteiger partial charge on any atom is -0.360 e. The number of aromatic nitrogens is 2. The van der Waals surface area contributed by atoms with Crippen molar-refractivity contribution in [2.75, 3.05) is 17.2 Å². The lowest BCUT2D eigenvalue weighted by atomic mass is 10.3. The lowest BCUT2D eigenvalue weighted by molar-refractivity contribution is -0.115. The third-order valence-corrected chi connectivity index (χ3v) is 5.29. The van der Waals surface area contributed by atoms with Crippen LogP contribution in [0.15, 0.2) is 33.1 Å². The van der Waals surface area contributed by atoms with Gasteiger partial charge >= 0.3 is 0 Å². The first kappa shape index (κ1) is 17.2. The summed E-state index contributed by atoms with van der Waals surface area (Å²) in [6, 6.07) is 7.50. The second-order valence-electron chi connectivity index (χ2n) is 4.56. The first-order valence-electron chi connectivity index (χ1n) is 6.89. The van der Waals surface area contributed by atoms with E-state index in [4.69, 9.17) is 0 Å². The SMILES string of the molecule is CCCNc1nnc(SC(C)C(=O)Nc2ccc(Br)cc2)s1. The van der Waals surface area contributed by atoms with Crippen molar-refractivity contribution in [2.45, 2.75) is 29.9 Å². The van der Waals surface area contributed by atoms with E-state index in [2.05, 4.69) is 43.7 Å². The highest BCUT2D eigenvalue weighted by Crippen LogP contribution is 2.29. The summed E-state index contributed by atoms with van der Waals surface area (Å²) in [7, 11) is 0. The standard InChI is InChI=1S/C14H17BrN4OS2/c1-3-8-16-13-18-19-14(22-13)21-9(2)12(20)17-11-6-4-10(15)5-7-11/h4-7,9H,3,8H2,1-2H3,(H,16,18)(H,17,20). The van der Waals surface area contributed by atoms with Crippen LogP contribution in [0, 0.1) is 0 Å². The zero-order valence-corrected chi connectivity index (χ0v) is 15.5. The Balaban J connectivity index is 1.87. The third-order valence-electron chi connectivity index (χ3n) is 2.69. The lowest BCUT2D eigenvalue weighted by Gasteiger charge is -2.10. The number of nitrogens with zero attached hydrogens (tertiary/aromatic N) is 2. The van der Waals surface area contributed by atoms with Gasteiger partial charge in [0.1, 0.15) is 0 Å². The monoisotopic (exact) mass is 400 g/mol. The van der Waals surface area contributed by atoms with Crippen molar-refractivity contribution in [3.05, 3.63) is 28.7 Å². The molecule has 0 radical (unpaired) electrons. The molecule has 5 nitrogen and oxygen atoms in total. The van der Waals surface area contributed by atoms with E-state index in [1.807, 2.05) is 31.2 Å². The Bertz CT molecular complexity index is 618. The van der Waals surface area contributed by atoms with E-state index >= 15 is 0 Å². The number of thioether (sulfide) groups is 1. The molecule has 0 aliphatic carbocycles. The molecule has 1 amide bonds. The molecule has 0 saturated heterocycles. The van der Waals surface area contributed by atoms with E-state index in [0.29, 0.717) is 0 Å². The minimum absolute atomic E-state index is 0.0504. The summed E-state index contributed by atoms with van der Waals surface area (Å²) in [5, 5.41) is 14.8. The van der Waals surface area contributed by atoms with E-state index in [1.165, 1.54) is 23.1 Å². The van der Waals surface area contributed by atoms with Crippen molar-refractivity contribution in [3.8, 4) is 0 Å². The summed E-state index contributed by atoms with van der Waals surface area (Å²) in [4.78, 5) is 12.2. The first-order chi connectivity index (χ1) is 10.6. The predicted molar refractivity (Wildman–Crippen MR) is 96.8 cm³/mol. The van der Waals surface area contributed by atoms with Gasteiger partial charge in [0.15, 0.2) is 4.34 Å². The summed E-state index contributed by atoms with van der Waals surface area (Å²) in [5.74, 6) is -0.0504. The van der Waals surface area contributed by atoms with E-state index in [1.54, 1.807) is 0 Å². The molecule has 2 N–H and O–H groups in total. The van der Waals surface area contributed by atoms with Crippen molar-refractivity contribution in [2.24, 2.45) is 0 Å². The molecular weight excluding hydrogens is 384 g/mol. The van der Waals surface area contributed by atoms with Crippen LogP contribution in [-0.2, 0) is 4.79 Å². The van der Waals surface area contributed by atoms with Crippen molar-refractivity contribution in [3.63, 3.8) is 0 Å². The zero-order chi connectivity index (χ0) is 15.9. The fourth-order valence-corrected chi connectivity index (χ4v) is 3.73. The molecule has 0 aliphatic rings. The highest BCUT2D eigenvalue weighted by Gasteiger charge is 2.17. The van der Waals surface area contributed by atoms with Crippen LogP contribution in [0.1, 0.15) is 20.3 Å². The number of carbonyl (C=O) groups is 1. The molecule has 1 aromatic carbocycles. The number of hydrogen-bond donors (Lipinski definition) is 2. The van der Waals surface area contributed by atoms with E-state index < -0.39 is 0 Å². The second-order valence-corrected chi connectivity index (χ2v) is 8.04. The third kappa shape index (κ3) is 5.26. The minimum atomic E-state index is -0.240. The number of nitrogens with one attached hydrogen (secondary N) is 2. The van der Waals surface area contributed by atoms with Crippen LogP contribution in [0.25, 0.3) is 0 Å². The van der Waals surface area contributed by atoms with Gasteiger partial charge in [0, 0.05) is 16.7 Å². The average Bonchev–Trinajstić information content (AvgIpc) is 2.95. The number of amides is 1. The van der Waals surface area contributed by atoms with Crippen LogP contribution in [0.3, 0.4) is 0 Å². The van der Waals surface area contributed by atoms with Crippen molar-refractivity contribution < 1.29 is 4.79 Å². The van der Waals surface area contributed by atoms with Gasteiger partial charge in [0.05, 0.1) is 5.25 Å². The largest absolute Gasteiger partial charge is 0.360 e. The van der Waals surface area contributed by atoms with Crippen LogP contribution >= 0.6 is 39.0 Å². The van der Waals surface area contributed by atoms with Crippen molar-refractivity contribution in [1.29, 1.82) is 0 Å². The quantitative estimate of drug-likeness (QED) is 0.680. The molecule has 1 aromatic heterocycles. The second kappa shape index (κ2) is 8.50. The first-order valence-corrected chi connectivity index (χ1v) is 9.38. The van der Waals surface area contributed by atoms with Gasteiger partial charge in [-0.05, 0) is 37.6 Å². The Kier molecular flexibility index (Phi) is 6.66. The van der Waals surface area contributed by atoms with Crippen LogP contribution in [0.4, 0.5) is 10.8 Å². The van der Waals surface area contributed by atoms with Gasteiger partial charge in [0.25, 0.3) is 0 Å². The number of carbonyl (C=O) groups excluding carboxylic acids is 1. The lowest BCUT2D eigenvalue weighted by Crippen LogP contribution is -2.22. The molecule has 0 saturated carbocycles. The summed E-state index contributed by atoms with van der Waals surface area (Å²) in [6.45, 7) is 4.83. The average molecular weight is 401 g/mol. The maximum absolute atomic E-state index is 12.2. The molecule has 1 atom stereocenters. The Morgan fingerprint density at radius 2 is 2.09 bits per heavy atom. The number of anilines is 2. The molecule has 1 unspecified atom stereocenters. The molecule has 2 rings (SSSR count). The van der Waals surface area contributed by atoms with E-state index in [-0.39, 0.29) is 11.2 Å². The molecule has 22 heavy (non-hydrogen) atoms. The van der Waals surface area contributed by atoms with Gasteiger partial charge in [0.2, 0.25) is 11.0 Å². The molecule has 0 bridgehead atoms. The van der Waals surface area contributed by atoms with Crippen LogP contribution in [0.2, 0.25) is 0 Å². The molecule has 118 valence electrons. The fraction of sp³-hybridized carbons (Fsp3) is 0.357. The predicted octanol–water partition coefficient (Wildman–Crippen LogP) is 4.24. The molecule has 8 heteroatoms. The summed E-state index contributed by atoms with van der Waals surface area (Å²) in [6.07, 6.45) is 1.04. The Morgan fingerprint density at radius 3 is 2.77 bits per heavy atom. The van der Waals surface area contributed by atoms with E-state index in [0.717, 1.165) is 32.6 Å². The smallest absolute Gasteiger partial charge is 0.237 e. The zero-order valence-electron chi connectivity index (χ0n) is 12.3. The van der Waals surface area contributed by atoms with Gasteiger partial charge in [-0.1, -0.05) is 46.0 Å². The molecule has 0 spiro atoms. The van der Waals surface area contributed by atoms with Gasteiger partial charge in [-0.15, -0.1) is 10.2 Å². The van der Waals surface area contributed by atoms with Gasteiger partial charge in [-0.2, -0.15) is 0 Å². The highest BCUT2D eigenvalue weighted by atomic mass is 79.9. The van der Waals surface area contributed by atoms with Crippen molar-refractivity contribution in [1.82, 2.24) is 10.2 Å². The Morgan fingerprint density at radius 1 is 1.36 bits per heavy atom. The number of halogens is 1. The van der Waals surface area contributed by atoms with Crippen LogP contribution in [-0.4, -0.2) is 27.9 Å². The maximum atomic E-state index is 12.2. The Hall–Kier alpha value is -1.12.